The number of carbonyl (C=O) groups is 1. The predicted molar refractivity (Wildman–Crippen MR) is 107 cm³/mol. The zero-order chi connectivity index (χ0) is 18.8. The SMILES string of the molecule is CN(C)[C@H](C(=O)N1CCN(C2CCSCC2)CC1)c1ccc2c(c1)OCO2. The Kier molecular flexibility index (Phi) is 5.80. The van der Waals surface area contributed by atoms with E-state index in [1.54, 1.807) is 0 Å². The van der Waals surface area contributed by atoms with Gasteiger partial charge in [-0.15, -0.1) is 0 Å². The number of thioether (sulfide) groups is 1. The molecule has 1 amide bonds. The van der Waals surface area contributed by atoms with Gasteiger partial charge in [0.2, 0.25) is 12.7 Å². The van der Waals surface area contributed by atoms with Crippen LogP contribution in [-0.4, -0.2) is 85.2 Å². The van der Waals surface area contributed by atoms with E-state index in [-0.39, 0.29) is 18.7 Å². The molecule has 0 bridgehead atoms. The quantitative estimate of drug-likeness (QED) is 0.783. The van der Waals surface area contributed by atoms with Gasteiger partial charge in [-0.1, -0.05) is 6.07 Å². The van der Waals surface area contributed by atoms with Crippen LogP contribution in [0.15, 0.2) is 18.2 Å². The molecule has 3 heterocycles. The van der Waals surface area contributed by atoms with Crippen LogP contribution in [0.25, 0.3) is 0 Å². The Hall–Kier alpha value is -1.44. The van der Waals surface area contributed by atoms with E-state index in [0.717, 1.165) is 43.2 Å². The number of likely N-dealkylation sites (N-methyl/N-ethyl adjacent to an activating group) is 1. The summed E-state index contributed by atoms with van der Waals surface area (Å²) in [5.74, 6) is 4.21. The number of piperazine rings is 1. The molecule has 0 N–H and O–H groups in total. The first-order valence-corrected chi connectivity index (χ1v) is 11.0. The molecule has 148 valence electrons. The van der Waals surface area contributed by atoms with Crippen LogP contribution in [0.1, 0.15) is 24.4 Å². The third kappa shape index (κ3) is 4.05. The number of ether oxygens (including phenoxy) is 2. The first-order chi connectivity index (χ1) is 13.1. The van der Waals surface area contributed by atoms with Crippen molar-refractivity contribution in [2.24, 2.45) is 0 Å². The molecule has 0 aromatic heterocycles. The second-order valence-electron chi connectivity index (χ2n) is 7.68. The van der Waals surface area contributed by atoms with Gasteiger partial charge in [0, 0.05) is 32.2 Å². The number of hydrogen-bond acceptors (Lipinski definition) is 6. The molecule has 6 nitrogen and oxygen atoms in total. The van der Waals surface area contributed by atoms with Crippen molar-refractivity contribution in [1.29, 1.82) is 0 Å². The molecule has 2 saturated heterocycles. The molecule has 1 aromatic rings. The van der Waals surface area contributed by atoms with Crippen molar-refractivity contribution in [3.05, 3.63) is 23.8 Å². The second-order valence-corrected chi connectivity index (χ2v) is 8.91. The molecular formula is C20H29N3O3S. The van der Waals surface area contributed by atoms with Crippen molar-refractivity contribution in [2.45, 2.75) is 24.9 Å². The van der Waals surface area contributed by atoms with E-state index in [1.807, 2.05) is 42.1 Å². The maximum atomic E-state index is 13.3. The molecule has 4 rings (SSSR count). The Morgan fingerprint density at radius 1 is 1.11 bits per heavy atom. The lowest BCUT2D eigenvalue weighted by atomic mass is 10.0. The highest BCUT2D eigenvalue weighted by Crippen LogP contribution is 2.35. The summed E-state index contributed by atoms with van der Waals surface area (Å²) in [6.07, 6.45) is 2.58. The monoisotopic (exact) mass is 391 g/mol. The normalized spacial score (nSPS) is 22.3. The van der Waals surface area contributed by atoms with E-state index >= 15 is 0 Å². The molecule has 2 fully saturated rings. The lowest BCUT2D eigenvalue weighted by Gasteiger charge is -2.42. The van der Waals surface area contributed by atoms with Gasteiger partial charge in [-0.3, -0.25) is 14.6 Å². The van der Waals surface area contributed by atoms with Crippen molar-refractivity contribution >= 4 is 17.7 Å². The van der Waals surface area contributed by atoms with E-state index in [1.165, 1.54) is 24.3 Å². The number of carbonyl (C=O) groups excluding carboxylic acids is 1. The van der Waals surface area contributed by atoms with Crippen molar-refractivity contribution in [3.8, 4) is 11.5 Å². The topological polar surface area (TPSA) is 45.3 Å². The van der Waals surface area contributed by atoms with Gasteiger partial charge in [-0.25, -0.2) is 0 Å². The molecular weight excluding hydrogens is 362 g/mol. The van der Waals surface area contributed by atoms with Crippen molar-refractivity contribution in [1.82, 2.24) is 14.7 Å². The lowest BCUT2D eigenvalue weighted by Crippen LogP contribution is -2.54. The number of fused-ring (bicyclic) bond motifs is 1. The summed E-state index contributed by atoms with van der Waals surface area (Å²) in [6.45, 7) is 3.86. The van der Waals surface area contributed by atoms with Gasteiger partial charge in [0.15, 0.2) is 11.5 Å². The molecule has 0 saturated carbocycles. The fourth-order valence-corrected chi connectivity index (χ4v) is 5.36. The van der Waals surface area contributed by atoms with Crippen molar-refractivity contribution in [2.75, 3.05) is 58.6 Å². The fraction of sp³-hybridized carbons (Fsp3) is 0.650. The lowest BCUT2D eigenvalue weighted by molar-refractivity contribution is -0.138. The predicted octanol–water partition coefficient (Wildman–Crippen LogP) is 2.06. The third-order valence-electron chi connectivity index (χ3n) is 5.80. The maximum Gasteiger partial charge on any atom is 0.244 e. The number of hydrogen-bond donors (Lipinski definition) is 0. The molecule has 0 radical (unpaired) electrons. The highest BCUT2D eigenvalue weighted by atomic mass is 32.2. The maximum absolute atomic E-state index is 13.3. The Bertz CT molecular complexity index is 670. The minimum absolute atomic E-state index is 0.178. The zero-order valence-electron chi connectivity index (χ0n) is 16.2. The zero-order valence-corrected chi connectivity index (χ0v) is 17.0. The van der Waals surface area contributed by atoms with Crippen LogP contribution in [0, 0.1) is 0 Å². The summed E-state index contributed by atoms with van der Waals surface area (Å²) in [5.41, 5.74) is 0.959. The van der Waals surface area contributed by atoms with Crippen LogP contribution in [-0.2, 0) is 4.79 Å². The molecule has 1 aromatic carbocycles. The Labute approximate surface area is 165 Å². The summed E-state index contributed by atoms with van der Waals surface area (Å²) in [7, 11) is 3.92. The van der Waals surface area contributed by atoms with E-state index in [2.05, 4.69) is 16.7 Å². The molecule has 0 aliphatic carbocycles. The van der Waals surface area contributed by atoms with Crippen LogP contribution >= 0.6 is 11.8 Å². The van der Waals surface area contributed by atoms with Gasteiger partial charge in [0.1, 0.15) is 6.04 Å². The number of benzene rings is 1. The Morgan fingerprint density at radius 2 is 1.81 bits per heavy atom. The van der Waals surface area contributed by atoms with Gasteiger partial charge in [0.05, 0.1) is 0 Å². The molecule has 1 atom stereocenters. The van der Waals surface area contributed by atoms with Crippen LogP contribution in [0.4, 0.5) is 0 Å². The molecule has 0 unspecified atom stereocenters. The van der Waals surface area contributed by atoms with E-state index < -0.39 is 0 Å². The first kappa shape index (κ1) is 18.9. The van der Waals surface area contributed by atoms with Gasteiger partial charge in [-0.05, 0) is 56.1 Å². The molecule has 7 heteroatoms. The molecule has 27 heavy (non-hydrogen) atoms. The van der Waals surface area contributed by atoms with Crippen molar-refractivity contribution in [3.63, 3.8) is 0 Å². The first-order valence-electron chi connectivity index (χ1n) is 9.80. The summed E-state index contributed by atoms with van der Waals surface area (Å²) < 4.78 is 10.9. The van der Waals surface area contributed by atoms with E-state index in [4.69, 9.17) is 9.47 Å². The van der Waals surface area contributed by atoms with Crippen LogP contribution in [0.3, 0.4) is 0 Å². The number of amides is 1. The summed E-state index contributed by atoms with van der Waals surface area (Å²) in [5, 5.41) is 0. The molecule has 0 spiro atoms. The average Bonchev–Trinajstić information content (AvgIpc) is 3.16. The van der Waals surface area contributed by atoms with Gasteiger partial charge in [0.25, 0.3) is 0 Å². The average molecular weight is 392 g/mol. The van der Waals surface area contributed by atoms with E-state index in [9.17, 15) is 4.79 Å². The summed E-state index contributed by atoms with van der Waals surface area (Å²) in [6, 6.07) is 6.24. The number of nitrogens with zero attached hydrogens (tertiary/aromatic N) is 3. The van der Waals surface area contributed by atoms with Crippen LogP contribution in [0.5, 0.6) is 11.5 Å². The largest absolute Gasteiger partial charge is 0.454 e. The minimum Gasteiger partial charge on any atom is -0.454 e. The molecule has 3 aliphatic rings. The van der Waals surface area contributed by atoms with E-state index in [0.29, 0.717) is 6.04 Å². The second kappa shape index (κ2) is 8.29. The highest BCUT2D eigenvalue weighted by molar-refractivity contribution is 7.99. The Balaban J connectivity index is 1.42. The minimum atomic E-state index is -0.294. The van der Waals surface area contributed by atoms with Crippen molar-refractivity contribution < 1.29 is 14.3 Å². The fourth-order valence-electron chi connectivity index (χ4n) is 4.28. The van der Waals surface area contributed by atoms with Crippen LogP contribution < -0.4 is 9.47 Å². The Morgan fingerprint density at radius 3 is 2.52 bits per heavy atom. The van der Waals surface area contributed by atoms with Gasteiger partial charge < -0.3 is 14.4 Å². The van der Waals surface area contributed by atoms with Gasteiger partial charge >= 0.3 is 0 Å². The van der Waals surface area contributed by atoms with Crippen LogP contribution in [0.2, 0.25) is 0 Å². The third-order valence-corrected chi connectivity index (χ3v) is 6.84. The number of rotatable bonds is 4. The van der Waals surface area contributed by atoms with Gasteiger partial charge in [-0.2, -0.15) is 11.8 Å². The standard InChI is InChI=1S/C20H29N3O3S/c1-21(2)19(15-3-4-17-18(13-15)26-14-25-17)20(24)23-9-7-22(8-10-23)16-5-11-27-12-6-16/h3-4,13,16,19H,5-12,14H2,1-2H3/t19-/m0/s1. The summed E-state index contributed by atoms with van der Waals surface area (Å²) >= 11 is 2.07. The highest BCUT2D eigenvalue weighted by Gasteiger charge is 2.33. The smallest absolute Gasteiger partial charge is 0.244 e. The summed E-state index contributed by atoms with van der Waals surface area (Å²) in [4.78, 5) is 19.9. The molecule has 3 aliphatic heterocycles.